The van der Waals surface area contributed by atoms with Crippen LogP contribution in [0.25, 0.3) is 0 Å². The molecule has 0 aromatic heterocycles. The lowest BCUT2D eigenvalue weighted by Crippen LogP contribution is -2.45. The van der Waals surface area contributed by atoms with Gasteiger partial charge in [0.05, 0.1) is 25.4 Å². The van der Waals surface area contributed by atoms with Crippen molar-refractivity contribution in [3.63, 3.8) is 0 Å². The molecule has 0 rings (SSSR count). The summed E-state index contributed by atoms with van der Waals surface area (Å²) in [5, 5.41) is 23.0. The second-order valence-corrected chi connectivity index (χ2v) is 16.1. The fraction of sp³-hybridized carbons (Fsp3) is 0.915. The van der Waals surface area contributed by atoms with Crippen molar-refractivity contribution in [2.24, 2.45) is 0 Å². The van der Waals surface area contributed by atoms with Gasteiger partial charge in [0, 0.05) is 12.8 Å². The van der Waals surface area contributed by atoms with Crippen molar-refractivity contribution in [3.8, 4) is 0 Å². The molecule has 314 valence electrons. The standard InChI is InChI=1S/C47H91NO5/c1-3-5-7-9-11-13-15-16-17-18-20-23-27-31-35-39-45(50)44(43-49)48-46(51)40-36-32-28-24-21-22-26-30-34-38-42-53-47(52)41-37-33-29-25-19-14-12-10-8-6-4-2/h35,39,44-45,49-50H,3-34,36-38,40-43H2,1-2H3,(H,48,51)/b39-35+. The second kappa shape index (κ2) is 43.3. The van der Waals surface area contributed by atoms with E-state index in [1.807, 2.05) is 6.08 Å². The number of amides is 1. The van der Waals surface area contributed by atoms with Crippen LogP contribution in [0.5, 0.6) is 0 Å². The van der Waals surface area contributed by atoms with Crippen LogP contribution >= 0.6 is 0 Å². The third-order valence-electron chi connectivity index (χ3n) is 10.8. The van der Waals surface area contributed by atoms with Crippen molar-refractivity contribution in [2.45, 2.75) is 264 Å². The lowest BCUT2D eigenvalue weighted by atomic mass is 10.0. The summed E-state index contributed by atoms with van der Waals surface area (Å²) >= 11 is 0. The van der Waals surface area contributed by atoms with E-state index in [-0.39, 0.29) is 18.5 Å². The average Bonchev–Trinajstić information content (AvgIpc) is 3.16. The van der Waals surface area contributed by atoms with Gasteiger partial charge in [0.15, 0.2) is 0 Å². The Bertz CT molecular complexity index is 787. The summed E-state index contributed by atoms with van der Waals surface area (Å²) in [6, 6.07) is -0.642. The fourth-order valence-electron chi connectivity index (χ4n) is 7.16. The SMILES string of the molecule is CCCCCCCCCCCCCCC/C=C/C(O)C(CO)NC(=O)CCCCCCCCCCCCOC(=O)CCCCCCCCCCCCC. The zero-order valence-electron chi connectivity index (χ0n) is 35.5. The minimum absolute atomic E-state index is 0.0213. The first-order valence-corrected chi connectivity index (χ1v) is 23.5. The number of aliphatic hydroxyl groups is 2. The zero-order chi connectivity index (χ0) is 38.7. The molecule has 0 radical (unpaired) electrons. The number of allylic oxidation sites excluding steroid dienone is 1. The number of ether oxygens (including phenoxy) is 1. The highest BCUT2D eigenvalue weighted by Crippen LogP contribution is 2.15. The van der Waals surface area contributed by atoms with Crippen LogP contribution in [0.15, 0.2) is 12.2 Å². The summed E-state index contributed by atoms with van der Waals surface area (Å²) in [5.41, 5.74) is 0. The van der Waals surface area contributed by atoms with Gasteiger partial charge >= 0.3 is 5.97 Å². The third-order valence-corrected chi connectivity index (χ3v) is 10.8. The molecule has 6 heteroatoms. The number of aliphatic hydroxyl groups excluding tert-OH is 2. The van der Waals surface area contributed by atoms with E-state index in [0.717, 1.165) is 57.8 Å². The number of hydrogen-bond donors (Lipinski definition) is 3. The van der Waals surface area contributed by atoms with E-state index < -0.39 is 12.1 Å². The summed E-state index contributed by atoms with van der Waals surface area (Å²) in [4.78, 5) is 24.4. The highest BCUT2D eigenvalue weighted by Gasteiger charge is 2.18. The maximum absolute atomic E-state index is 12.4. The van der Waals surface area contributed by atoms with Crippen LogP contribution in [0, 0.1) is 0 Å². The Morgan fingerprint density at radius 1 is 0.509 bits per heavy atom. The lowest BCUT2D eigenvalue weighted by Gasteiger charge is -2.20. The minimum atomic E-state index is -0.856. The first-order chi connectivity index (χ1) is 26.0. The van der Waals surface area contributed by atoms with Crippen molar-refractivity contribution in [2.75, 3.05) is 13.2 Å². The van der Waals surface area contributed by atoms with Gasteiger partial charge < -0.3 is 20.3 Å². The van der Waals surface area contributed by atoms with Gasteiger partial charge in [-0.15, -0.1) is 0 Å². The summed E-state index contributed by atoms with van der Waals surface area (Å²) in [6.07, 6.45) is 47.6. The van der Waals surface area contributed by atoms with E-state index in [1.54, 1.807) is 6.08 Å². The molecule has 0 aromatic rings. The van der Waals surface area contributed by atoms with Crippen molar-refractivity contribution >= 4 is 11.9 Å². The topological polar surface area (TPSA) is 95.9 Å². The third kappa shape index (κ3) is 40.1. The molecule has 0 spiro atoms. The Balaban J connectivity index is 3.53. The van der Waals surface area contributed by atoms with Gasteiger partial charge in [0.1, 0.15) is 0 Å². The molecule has 3 N–H and O–H groups in total. The van der Waals surface area contributed by atoms with E-state index in [4.69, 9.17) is 4.74 Å². The molecule has 0 aliphatic heterocycles. The van der Waals surface area contributed by atoms with E-state index in [9.17, 15) is 19.8 Å². The minimum Gasteiger partial charge on any atom is -0.466 e. The molecule has 2 atom stereocenters. The Labute approximate surface area is 329 Å². The molecule has 0 aliphatic carbocycles. The quantitative estimate of drug-likeness (QED) is 0.0328. The summed E-state index contributed by atoms with van der Waals surface area (Å²) in [7, 11) is 0. The van der Waals surface area contributed by atoms with Crippen LogP contribution in [0.3, 0.4) is 0 Å². The molecular weight excluding hydrogens is 659 g/mol. The molecule has 0 aromatic carbocycles. The Kier molecular flexibility index (Phi) is 42.2. The van der Waals surface area contributed by atoms with Crippen LogP contribution in [0.4, 0.5) is 0 Å². The number of carbonyl (C=O) groups excluding carboxylic acids is 2. The molecule has 0 aliphatic rings. The van der Waals surface area contributed by atoms with Gasteiger partial charge in [0.25, 0.3) is 0 Å². The summed E-state index contributed by atoms with van der Waals surface area (Å²) < 4.78 is 5.43. The van der Waals surface area contributed by atoms with Crippen LogP contribution in [-0.4, -0.2) is 47.4 Å². The van der Waals surface area contributed by atoms with Crippen molar-refractivity contribution in [1.82, 2.24) is 5.32 Å². The molecule has 0 bridgehead atoms. The fourth-order valence-corrected chi connectivity index (χ4v) is 7.16. The van der Waals surface area contributed by atoms with Gasteiger partial charge in [-0.2, -0.15) is 0 Å². The maximum atomic E-state index is 12.4. The highest BCUT2D eigenvalue weighted by molar-refractivity contribution is 5.76. The molecule has 6 nitrogen and oxygen atoms in total. The normalized spacial score (nSPS) is 12.8. The number of nitrogens with one attached hydrogen (secondary N) is 1. The smallest absolute Gasteiger partial charge is 0.305 e. The highest BCUT2D eigenvalue weighted by atomic mass is 16.5. The number of esters is 1. The first kappa shape index (κ1) is 51.6. The monoisotopic (exact) mass is 750 g/mol. The van der Waals surface area contributed by atoms with Gasteiger partial charge in [-0.3, -0.25) is 9.59 Å². The predicted molar refractivity (Wildman–Crippen MR) is 227 cm³/mol. The second-order valence-electron chi connectivity index (χ2n) is 16.1. The summed E-state index contributed by atoms with van der Waals surface area (Å²) in [5.74, 6) is -0.111. The van der Waals surface area contributed by atoms with Crippen molar-refractivity contribution in [1.29, 1.82) is 0 Å². The molecule has 2 unspecified atom stereocenters. The molecule has 0 saturated heterocycles. The van der Waals surface area contributed by atoms with Crippen LogP contribution in [0.1, 0.15) is 251 Å². The Morgan fingerprint density at radius 3 is 1.28 bits per heavy atom. The van der Waals surface area contributed by atoms with Crippen LogP contribution < -0.4 is 5.32 Å². The first-order valence-electron chi connectivity index (χ1n) is 23.5. The molecule has 0 heterocycles. The molecule has 53 heavy (non-hydrogen) atoms. The van der Waals surface area contributed by atoms with Gasteiger partial charge in [0.2, 0.25) is 5.91 Å². The van der Waals surface area contributed by atoms with Crippen LogP contribution in [-0.2, 0) is 14.3 Å². The Hall–Kier alpha value is -1.40. The molecular formula is C47H91NO5. The van der Waals surface area contributed by atoms with Crippen LogP contribution in [0.2, 0.25) is 0 Å². The molecule has 0 saturated carbocycles. The van der Waals surface area contributed by atoms with Gasteiger partial charge in [-0.25, -0.2) is 0 Å². The Morgan fingerprint density at radius 2 is 0.868 bits per heavy atom. The molecule has 1 amide bonds. The van der Waals surface area contributed by atoms with Crippen molar-refractivity contribution in [3.05, 3.63) is 12.2 Å². The maximum Gasteiger partial charge on any atom is 0.305 e. The number of hydrogen-bond acceptors (Lipinski definition) is 5. The number of rotatable bonds is 43. The van der Waals surface area contributed by atoms with E-state index in [1.165, 1.54) is 167 Å². The van der Waals surface area contributed by atoms with Crippen molar-refractivity contribution < 1.29 is 24.5 Å². The summed E-state index contributed by atoms with van der Waals surface area (Å²) in [6.45, 7) is 4.84. The number of unbranched alkanes of at least 4 members (excludes halogenated alkanes) is 32. The van der Waals surface area contributed by atoms with E-state index >= 15 is 0 Å². The lowest BCUT2D eigenvalue weighted by molar-refractivity contribution is -0.143. The predicted octanol–water partition coefficient (Wildman–Crippen LogP) is 13.4. The molecule has 0 fully saturated rings. The number of carbonyl (C=O) groups is 2. The van der Waals surface area contributed by atoms with E-state index in [2.05, 4.69) is 19.2 Å². The van der Waals surface area contributed by atoms with Gasteiger partial charge in [-0.1, -0.05) is 219 Å². The zero-order valence-corrected chi connectivity index (χ0v) is 35.5. The van der Waals surface area contributed by atoms with Gasteiger partial charge in [-0.05, 0) is 32.1 Å². The largest absolute Gasteiger partial charge is 0.466 e. The van der Waals surface area contributed by atoms with E-state index in [0.29, 0.717) is 19.4 Å². The average molecular weight is 750 g/mol.